The first-order valence-electron chi connectivity index (χ1n) is 4.62. The van der Waals surface area contributed by atoms with Crippen molar-refractivity contribution in [1.82, 2.24) is 15.5 Å². The first-order chi connectivity index (χ1) is 8.08. The maximum Gasteiger partial charge on any atom is 0.343 e. The van der Waals surface area contributed by atoms with Crippen LogP contribution in [0.3, 0.4) is 0 Å². The third-order valence-electron chi connectivity index (χ3n) is 1.95. The minimum absolute atomic E-state index is 0.0670. The molecule has 0 aliphatic heterocycles. The van der Waals surface area contributed by atoms with Gasteiger partial charge in [0.15, 0.2) is 12.0 Å². The zero-order chi connectivity index (χ0) is 12.8. The molecule has 0 radical (unpaired) electrons. The van der Waals surface area contributed by atoms with Gasteiger partial charge in [0, 0.05) is 14.2 Å². The molecule has 0 unspecified atom stereocenters. The molecule has 9 heteroatoms. The molecule has 17 heavy (non-hydrogen) atoms. The highest BCUT2D eigenvalue weighted by Gasteiger charge is 2.17. The van der Waals surface area contributed by atoms with Crippen LogP contribution in [-0.4, -0.2) is 48.1 Å². The highest BCUT2D eigenvalue weighted by molar-refractivity contribution is 5.92. The molecule has 0 bridgehead atoms. The summed E-state index contributed by atoms with van der Waals surface area (Å²) in [7, 11) is 2.86. The second-order valence-electron chi connectivity index (χ2n) is 3.01. The van der Waals surface area contributed by atoms with Crippen LogP contribution >= 0.6 is 0 Å². The fraction of sp³-hybridized carbons (Fsp3) is 0.500. The number of aromatic nitrogens is 2. The number of carbonyl (C=O) groups excluding carboxylic acids is 1. The fourth-order valence-electron chi connectivity index (χ4n) is 1.05. The van der Waals surface area contributed by atoms with E-state index in [-0.39, 0.29) is 18.1 Å². The smallest absolute Gasteiger partial charge is 0.343 e. The molecular weight excluding hydrogens is 232 g/mol. The minimum Gasteiger partial charge on any atom is -0.358 e. The van der Waals surface area contributed by atoms with Gasteiger partial charge in [-0.1, -0.05) is 5.10 Å². The van der Waals surface area contributed by atoms with Crippen LogP contribution in [0.2, 0.25) is 0 Å². The largest absolute Gasteiger partial charge is 0.358 e. The molecule has 1 rings (SSSR count). The Kier molecular flexibility index (Phi) is 4.55. The van der Waals surface area contributed by atoms with Gasteiger partial charge in [-0.3, -0.25) is 4.79 Å². The predicted molar refractivity (Wildman–Crippen MR) is 55.4 cm³/mol. The quantitative estimate of drug-likeness (QED) is 0.401. The van der Waals surface area contributed by atoms with E-state index in [2.05, 4.69) is 15.5 Å². The molecule has 1 aromatic heterocycles. The number of nitro groups is 1. The summed E-state index contributed by atoms with van der Waals surface area (Å²) in [5, 5.41) is 18.5. The van der Waals surface area contributed by atoms with Crippen LogP contribution in [0, 0.1) is 10.1 Å². The lowest BCUT2D eigenvalue weighted by molar-refractivity contribution is -0.389. The van der Waals surface area contributed by atoms with Crippen molar-refractivity contribution < 1.29 is 19.2 Å². The van der Waals surface area contributed by atoms with Crippen LogP contribution < -0.4 is 5.32 Å². The maximum atomic E-state index is 11.5. The first kappa shape index (κ1) is 13.1. The molecule has 0 aliphatic rings. The first-order valence-corrected chi connectivity index (χ1v) is 4.62. The summed E-state index contributed by atoms with van der Waals surface area (Å²) >= 11 is 0. The van der Waals surface area contributed by atoms with Crippen LogP contribution in [-0.2, 0) is 9.47 Å². The Balaban J connectivity index is 2.54. The van der Waals surface area contributed by atoms with Crippen LogP contribution in [0.4, 0.5) is 5.82 Å². The number of rotatable bonds is 6. The number of carbonyl (C=O) groups is 1. The average molecular weight is 244 g/mol. The van der Waals surface area contributed by atoms with Gasteiger partial charge in [0.25, 0.3) is 5.91 Å². The lowest BCUT2D eigenvalue weighted by atomic mass is 10.4. The molecule has 1 amide bonds. The molecule has 0 spiro atoms. The van der Waals surface area contributed by atoms with Crippen LogP contribution in [0.15, 0.2) is 6.07 Å². The molecule has 0 saturated heterocycles. The van der Waals surface area contributed by atoms with Crippen molar-refractivity contribution in [3.8, 4) is 0 Å². The van der Waals surface area contributed by atoms with Gasteiger partial charge < -0.3 is 24.9 Å². The highest BCUT2D eigenvalue weighted by Crippen LogP contribution is 2.07. The lowest BCUT2D eigenvalue weighted by Gasteiger charge is -2.12. The zero-order valence-corrected chi connectivity index (χ0v) is 9.30. The third-order valence-corrected chi connectivity index (χ3v) is 1.95. The zero-order valence-electron chi connectivity index (χ0n) is 9.30. The summed E-state index contributed by atoms with van der Waals surface area (Å²) in [6, 6.07) is 1.05. The molecule has 9 nitrogen and oxygen atoms in total. The van der Waals surface area contributed by atoms with Crippen molar-refractivity contribution in [3.63, 3.8) is 0 Å². The molecule has 0 atom stereocenters. The summed E-state index contributed by atoms with van der Waals surface area (Å²) in [5.74, 6) is -0.890. The standard InChI is InChI=1S/C8H12N4O5/c1-16-7(17-2)4-9-8(13)5-3-6(11-10-5)12(14)15/h3,7H,4H2,1-2H3,(H,9,13)(H,10,11). The van der Waals surface area contributed by atoms with Gasteiger partial charge in [-0.25, -0.2) is 0 Å². The van der Waals surface area contributed by atoms with Gasteiger partial charge >= 0.3 is 5.82 Å². The van der Waals surface area contributed by atoms with E-state index in [4.69, 9.17) is 9.47 Å². The number of hydrogen-bond acceptors (Lipinski definition) is 6. The monoisotopic (exact) mass is 244 g/mol. The molecule has 0 saturated carbocycles. The summed E-state index contributed by atoms with van der Waals surface area (Å²) < 4.78 is 9.71. The van der Waals surface area contributed by atoms with E-state index in [1.165, 1.54) is 14.2 Å². The van der Waals surface area contributed by atoms with Gasteiger partial charge in [0.05, 0.1) is 12.6 Å². The number of amides is 1. The second-order valence-corrected chi connectivity index (χ2v) is 3.01. The van der Waals surface area contributed by atoms with E-state index < -0.39 is 17.1 Å². The van der Waals surface area contributed by atoms with Crippen LogP contribution in [0.25, 0.3) is 0 Å². The Labute approximate surface area is 96.2 Å². The van der Waals surface area contributed by atoms with E-state index >= 15 is 0 Å². The molecule has 0 aliphatic carbocycles. The highest BCUT2D eigenvalue weighted by atomic mass is 16.7. The van der Waals surface area contributed by atoms with Crippen molar-refractivity contribution in [3.05, 3.63) is 21.9 Å². The third kappa shape index (κ3) is 3.50. The molecule has 94 valence electrons. The predicted octanol–water partition coefficient (Wildman–Crippen LogP) is -0.333. The van der Waals surface area contributed by atoms with E-state index in [9.17, 15) is 14.9 Å². The number of methoxy groups -OCH3 is 2. The minimum atomic E-state index is -0.670. The van der Waals surface area contributed by atoms with E-state index in [1.54, 1.807) is 0 Å². The van der Waals surface area contributed by atoms with Crippen molar-refractivity contribution in [1.29, 1.82) is 0 Å². The van der Waals surface area contributed by atoms with Crippen LogP contribution in [0.5, 0.6) is 0 Å². The van der Waals surface area contributed by atoms with E-state index in [0.717, 1.165) is 6.07 Å². The number of hydrogen-bond donors (Lipinski definition) is 2. The number of nitrogens with zero attached hydrogens (tertiary/aromatic N) is 2. The van der Waals surface area contributed by atoms with E-state index in [1.807, 2.05) is 0 Å². The summed E-state index contributed by atoms with van der Waals surface area (Å²) in [6.07, 6.45) is -0.576. The van der Waals surface area contributed by atoms with E-state index in [0.29, 0.717) is 0 Å². The van der Waals surface area contributed by atoms with Gasteiger partial charge in [-0.15, -0.1) is 5.10 Å². The molecular formula is C8H12N4O5. The molecule has 2 N–H and O–H groups in total. The number of ether oxygens (including phenoxy) is 2. The fourth-order valence-corrected chi connectivity index (χ4v) is 1.05. The normalized spacial score (nSPS) is 10.5. The summed E-state index contributed by atoms with van der Waals surface area (Å²) in [4.78, 5) is 21.2. The van der Waals surface area contributed by atoms with Crippen molar-refractivity contribution in [2.75, 3.05) is 20.8 Å². The van der Waals surface area contributed by atoms with Crippen molar-refractivity contribution in [2.45, 2.75) is 6.29 Å². The van der Waals surface area contributed by atoms with Gasteiger partial charge in [-0.05, 0) is 4.92 Å². The lowest BCUT2D eigenvalue weighted by Crippen LogP contribution is -2.34. The van der Waals surface area contributed by atoms with Crippen molar-refractivity contribution >= 4 is 11.7 Å². The molecule has 0 aromatic carbocycles. The SMILES string of the molecule is COC(CNC(=O)c1cc([N+](=O)[O-])[nH]n1)OC. The van der Waals surface area contributed by atoms with Gasteiger partial charge in [0.2, 0.25) is 0 Å². The van der Waals surface area contributed by atoms with Crippen molar-refractivity contribution in [2.24, 2.45) is 0 Å². The Bertz CT molecular complexity index is 400. The number of H-pyrrole nitrogens is 1. The average Bonchev–Trinajstić information content (AvgIpc) is 2.79. The summed E-state index contributed by atoms with van der Waals surface area (Å²) in [6.45, 7) is 0.118. The molecule has 1 heterocycles. The molecule has 0 fully saturated rings. The molecule has 1 aromatic rings. The Morgan fingerprint density at radius 2 is 2.29 bits per heavy atom. The maximum absolute atomic E-state index is 11.5. The Morgan fingerprint density at radius 1 is 1.65 bits per heavy atom. The van der Waals surface area contributed by atoms with Gasteiger partial charge in [0.1, 0.15) is 0 Å². The van der Waals surface area contributed by atoms with Gasteiger partial charge in [-0.2, -0.15) is 0 Å². The number of nitrogens with one attached hydrogen (secondary N) is 2. The second kappa shape index (κ2) is 5.92. The van der Waals surface area contributed by atoms with Crippen LogP contribution in [0.1, 0.15) is 10.5 Å². The summed E-state index contributed by atoms with van der Waals surface area (Å²) in [5.41, 5.74) is -0.0670. The Hall–Kier alpha value is -2.00. The topological polar surface area (TPSA) is 119 Å². The number of aromatic amines is 1. The Morgan fingerprint density at radius 3 is 2.76 bits per heavy atom.